The molecule has 0 radical (unpaired) electrons. The molecular weight excluding hydrogens is 251 g/mol. The van der Waals surface area contributed by atoms with E-state index >= 15 is 0 Å². The summed E-state index contributed by atoms with van der Waals surface area (Å²) in [6.07, 6.45) is 7.51. The molecule has 0 nitrogen and oxygen atoms in total. The summed E-state index contributed by atoms with van der Waals surface area (Å²) in [4.78, 5) is 0. The van der Waals surface area contributed by atoms with Crippen molar-refractivity contribution in [3.05, 3.63) is 23.5 Å². The lowest BCUT2D eigenvalue weighted by molar-refractivity contribution is 1.41. The quantitative estimate of drug-likeness (QED) is 0.623. The first-order valence-corrected chi connectivity index (χ1v) is 7.66. The van der Waals surface area contributed by atoms with E-state index in [-0.39, 0.29) is 5.33 Å². The third-order valence-electron chi connectivity index (χ3n) is 0.969. The summed E-state index contributed by atoms with van der Waals surface area (Å²) in [5.41, 5.74) is 0. The number of hydrogen-bond donors (Lipinski definition) is 0. The Morgan fingerprint density at radius 1 is 1.50 bits per heavy atom. The van der Waals surface area contributed by atoms with Gasteiger partial charge in [0.15, 0.2) is 0 Å². The summed E-state index contributed by atoms with van der Waals surface area (Å²) < 4.78 is 0. The van der Waals surface area contributed by atoms with Crippen molar-refractivity contribution in [3.63, 3.8) is 0 Å². The van der Waals surface area contributed by atoms with Crippen molar-refractivity contribution < 1.29 is 0 Å². The lowest BCUT2D eigenvalue weighted by Crippen LogP contribution is -1.60. The van der Waals surface area contributed by atoms with Gasteiger partial charge in [-0.05, 0) is 42.7 Å². The van der Waals surface area contributed by atoms with Crippen LogP contribution in [-0.4, -0.2) is 0 Å². The van der Waals surface area contributed by atoms with Crippen molar-refractivity contribution >= 4 is 36.3 Å². The van der Waals surface area contributed by atoms with Crippen molar-refractivity contribution in [2.75, 3.05) is 0 Å². The molecule has 0 atom stereocenters. The van der Waals surface area contributed by atoms with E-state index in [1.165, 1.54) is 5.31 Å². The molecule has 0 fully saturated rings. The number of allylic oxidation sites excluding steroid dienone is 4. The molecule has 1 rings (SSSR count). The summed E-state index contributed by atoms with van der Waals surface area (Å²) in [5.74, 6) is 0. The Balaban J connectivity index is 2.51. The third kappa shape index (κ3) is 1.68. The molecule has 0 unspecified atom stereocenters. The molecule has 1 aliphatic rings. The first kappa shape index (κ1) is 6.98. The zero-order valence-corrected chi connectivity index (χ0v) is 8.21. The van der Waals surface area contributed by atoms with Gasteiger partial charge in [-0.15, -0.1) is 0 Å². The van der Waals surface area contributed by atoms with Crippen LogP contribution in [0.25, 0.3) is 0 Å². The molecule has 0 heterocycles. The van der Waals surface area contributed by atoms with Crippen molar-refractivity contribution in [2.45, 2.75) is 6.42 Å². The number of halogens is 2. The standard InChI is InChI=1S/C5H5Br2P/c6-8(7)5-3-1-2-4-5/h1-3H,4H2. The molecule has 0 bridgehead atoms. The lowest BCUT2D eigenvalue weighted by atomic mass is 10.5. The molecule has 0 amide bonds. The van der Waals surface area contributed by atoms with Crippen LogP contribution in [0.3, 0.4) is 0 Å². The second-order valence-electron chi connectivity index (χ2n) is 1.52. The molecule has 0 N–H and O–H groups in total. The number of rotatable bonds is 1. The Morgan fingerprint density at radius 3 is 2.50 bits per heavy atom. The molecule has 0 aliphatic heterocycles. The summed E-state index contributed by atoms with van der Waals surface area (Å²) in [5, 5.41) is 1.28. The zero-order chi connectivity index (χ0) is 5.98. The van der Waals surface area contributed by atoms with Crippen molar-refractivity contribution in [3.8, 4) is 0 Å². The van der Waals surface area contributed by atoms with Crippen LogP contribution in [0.5, 0.6) is 0 Å². The maximum absolute atomic E-state index is 3.47. The molecule has 0 aromatic carbocycles. The van der Waals surface area contributed by atoms with Crippen LogP contribution in [0.1, 0.15) is 6.42 Å². The van der Waals surface area contributed by atoms with Crippen LogP contribution in [0.2, 0.25) is 0 Å². The summed E-state index contributed by atoms with van der Waals surface area (Å²) >= 11 is 6.95. The molecule has 8 heavy (non-hydrogen) atoms. The zero-order valence-electron chi connectivity index (χ0n) is 4.14. The van der Waals surface area contributed by atoms with Gasteiger partial charge >= 0.3 is 0 Å². The Kier molecular flexibility index (Phi) is 2.74. The van der Waals surface area contributed by atoms with Gasteiger partial charge in [0.2, 0.25) is 0 Å². The first-order chi connectivity index (χ1) is 3.80. The monoisotopic (exact) mass is 254 g/mol. The molecule has 0 spiro atoms. The van der Waals surface area contributed by atoms with E-state index in [9.17, 15) is 0 Å². The molecule has 0 aromatic heterocycles. The minimum atomic E-state index is -0.178. The topological polar surface area (TPSA) is 0 Å². The summed E-state index contributed by atoms with van der Waals surface area (Å²) in [7, 11) is 0. The Labute approximate surface area is 66.3 Å². The van der Waals surface area contributed by atoms with E-state index in [4.69, 9.17) is 0 Å². The molecule has 3 heteroatoms. The van der Waals surface area contributed by atoms with Gasteiger partial charge < -0.3 is 0 Å². The minimum Gasteiger partial charge on any atom is -0.0800 e. The van der Waals surface area contributed by atoms with E-state index in [1.807, 2.05) is 0 Å². The van der Waals surface area contributed by atoms with Crippen molar-refractivity contribution in [1.29, 1.82) is 0 Å². The maximum Gasteiger partial charge on any atom is 0.0616 e. The maximum atomic E-state index is 3.47. The van der Waals surface area contributed by atoms with Crippen LogP contribution in [0.15, 0.2) is 23.5 Å². The fourth-order valence-corrected chi connectivity index (χ4v) is 2.58. The van der Waals surface area contributed by atoms with Gasteiger partial charge in [0, 0.05) is 0 Å². The van der Waals surface area contributed by atoms with Gasteiger partial charge in [-0.3, -0.25) is 0 Å². The Bertz CT molecular complexity index is 137. The second kappa shape index (κ2) is 3.14. The smallest absolute Gasteiger partial charge is 0.0616 e. The van der Waals surface area contributed by atoms with Crippen LogP contribution < -0.4 is 0 Å². The minimum absolute atomic E-state index is 0.178. The predicted octanol–water partition coefficient (Wildman–Crippen LogP) is 3.93. The highest BCUT2D eigenvalue weighted by atomic mass is 79.9. The van der Waals surface area contributed by atoms with Gasteiger partial charge in [0.1, 0.15) is 0 Å². The fraction of sp³-hybridized carbons (Fsp3) is 0.200. The van der Waals surface area contributed by atoms with E-state index < -0.39 is 0 Å². The van der Waals surface area contributed by atoms with Crippen LogP contribution >= 0.6 is 36.3 Å². The molecular formula is C5H5Br2P. The lowest BCUT2D eigenvalue weighted by Gasteiger charge is -1.98. The van der Waals surface area contributed by atoms with E-state index in [2.05, 4.69) is 49.2 Å². The molecule has 0 aromatic rings. The Morgan fingerprint density at radius 2 is 2.25 bits per heavy atom. The molecule has 44 valence electrons. The van der Waals surface area contributed by atoms with Crippen molar-refractivity contribution in [2.24, 2.45) is 0 Å². The average Bonchev–Trinajstić information content (AvgIpc) is 2.12. The van der Waals surface area contributed by atoms with Gasteiger partial charge in [-0.2, -0.15) is 0 Å². The second-order valence-corrected chi connectivity index (χ2v) is 9.67. The van der Waals surface area contributed by atoms with E-state index in [0.717, 1.165) is 6.42 Å². The summed E-state index contributed by atoms with van der Waals surface area (Å²) in [6.45, 7) is 0. The normalized spacial score (nSPS) is 17.6. The highest BCUT2D eigenvalue weighted by Crippen LogP contribution is 2.61. The van der Waals surface area contributed by atoms with Crippen LogP contribution in [-0.2, 0) is 0 Å². The highest BCUT2D eigenvalue weighted by Gasteiger charge is 2.05. The number of hydrogen-bond acceptors (Lipinski definition) is 0. The first-order valence-electron chi connectivity index (χ1n) is 2.28. The average molecular weight is 256 g/mol. The van der Waals surface area contributed by atoms with Crippen LogP contribution in [0.4, 0.5) is 0 Å². The van der Waals surface area contributed by atoms with Crippen molar-refractivity contribution in [1.82, 2.24) is 0 Å². The molecule has 0 saturated heterocycles. The summed E-state index contributed by atoms with van der Waals surface area (Å²) in [6, 6.07) is 0. The van der Waals surface area contributed by atoms with Gasteiger partial charge in [-0.25, -0.2) is 0 Å². The molecule has 1 aliphatic carbocycles. The predicted molar refractivity (Wildman–Crippen MR) is 46.6 cm³/mol. The van der Waals surface area contributed by atoms with Crippen LogP contribution in [0, 0.1) is 0 Å². The largest absolute Gasteiger partial charge is 0.0800 e. The van der Waals surface area contributed by atoms with Gasteiger partial charge in [0.05, 0.1) is 5.33 Å². The Hall–Kier alpha value is 0.870. The van der Waals surface area contributed by atoms with E-state index in [1.54, 1.807) is 0 Å². The van der Waals surface area contributed by atoms with E-state index in [0.29, 0.717) is 0 Å². The van der Waals surface area contributed by atoms with Gasteiger partial charge in [0.25, 0.3) is 0 Å². The molecule has 0 saturated carbocycles. The van der Waals surface area contributed by atoms with Gasteiger partial charge in [-0.1, -0.05) is 18.2 Å². The highest BCUT2D eigenvalue weighted by molar-refractivity contribution is 9.70. The fourth-order valence-electron chi connectivity index (χ4n) is 0.561. The third-order valence-corrected chi connectivity index (χ3v) is 4.47. The SMILES string of the molecule is BrP(Br)C1=CC=CC1.